The Morgan fingerprint density at radius 1 is 1.28 bits per heavy atom. The van der Waals surface area contributed by atoms with Crippen molar-refractivity contribution in [2.75, 3.05) is 0 Å². The van der Waals surface area contributed by atoms with E-state index in [2.05, 4.69) is 10.1 Å². The fourth-order valence-electron chi connectivity index (χ4n) is 1.98. The van der Waals surface area contributed by atoms with Crippen molar-refractivity contribution in [1.82, 2.24) is 10.1 Å². The molecule has 3 aromatic rings. The van der Waals surface area contributed by atoms with Gasteiger partial charge in [0.2, 0.25) is 11.7 Å². The van der Waals surface area contributed by atoms with Gasteiger partial charge in [0, 0.05) is 5.39 Å². The maximum atomic E-state index is 5.77. The maximum absolute atomic E-state index is 5.77. The molecule has 5 heteroatoms. The van der Waals surface area contributed by atoms with Gasteiger partial charge in [-0.1, -0.05) is 17.3 Å². The number of aromatic nitrogens is 2. The number of furan rings is 1. The van der Waals surface area contributed by atoms with Gasteiger partial charge in [0.25, 0.3) is 0 Å². The molecule has 0 aliphatic rings. The van der Waals surface area contributed by atoms with Crippen LogP contribution in [0.2, 0.25) is 0 Å². The topological polar surface area (TPSA) is 78.1 Å². The minimum atomic E-state index is 0.235. The molecule has 3 rings (SSSR count). The highest BCUT2D eigenvalue weighted by atomic mass is 16.5. The largest absolute Gasteiger partial charge is 0.460 e. The van der Waals surface area contributed by atoms with Crippen LogP contribution in [0.4, 0.5) is 0 Å². The average Bonchev–Trinajstić information content (AvgIpc) is 2.96. The van der Waals surface area contributed by atoms with Crippen molar-refractivity contribution in [1.29, 1.82) is 0 Å². The predicted molar refractivity (Wildman–Crippen MR) is 66.9 cm³/mol. The molecule has 2 N–H and O–H groups in total. The summed E-state index contributed by atoms with van der Waals surface area (Å²) < 4.78 is 10.8. The Hall–Kier alpha value is -2.14. The van der Waals surface area contributed by atoms with Gasteiger partial charge < -0.3 is 14.7 Å². The van der Waals surface area contributed by atoms with Crippen LogP contribution in [-0.4, -0.2) is 10.1 Å². The van der Waals surface area contributed by atoms with Crippen LogP contribution in [0, 0.1) is 13.8 Å². The molecule has 0 amide bonds. The lowest BCUT2D eigenvalue weighted by Gasteiger charge is -1.95. The first-order valence-corrected chi connectivity index (χ1v) is 5.72. The minimum absolute atomic E-state index is 0.235. The number of hydrogen-bond donors (Lipinski definition) is 1. The number of benzene rings is 1. The summed E-state index contributed by atoms with van der Waals surface area (Å²) in [6.07, 6.45) is 0. The molecule has 0 fully saturated rings. The minimum Gasteiger partial charge on any atom is -0.460 e. The van der Waals surface area contributed by atoms with Crippen molar-refractivity contribution in [3.63, 3.8) is 0 Å². The summed E-state index contributed by atoms with van der Waals surface area (Å²) in [6, 6.07) is 5.89. The SMILES string of the molecule is Cc1oc2c(-c3noc(CN)n3)cccc2c1C. The number of nitrogens with zero attached hydrogens (tertiary/aromatic N) is 2. The van der Waals surface area contributed by atoms with Crippen LogP contribution in [0.5, 0.6) is 0 Å². The normalized spacial score (nSPS) is 11.3. The van der Waals surface area contributed by atoms with Crippen LogP contribution in [0.25, 0.3) is 22.4 Å². The molecule has 1 aromatic carbocycles. The predicted octanol–water partition coefficient (Wildman–Crippen LogP) is 2.56. The molecule has 0 saturated carbocycles. The molecule has 5 nitrogen and oxygen atoms in total. The second-order valence-corrected chi connectivity index (χ2v) is 4.18. The Labute approximate surface area is 104 Å². The third kappa shape index (κ3) is 1.52. The lowest BCUT2D eigenvalue weighted by Crippen LogP contribution is -1.95. The fourth-order valence-corrected chi connectivity index (χ4v) is 1.98. The Morgan fingerprint density at radius 2 is 2.11 bits per heavy atom. The van der Waals surface area contributed by atoms with Gasteiger partial charge in [-0.05, 0) is 25.5 Å². The van der Waals surface area contributed by atoms with E-state index < -0.39 is 0 Å². The molecule has 0 atom stereocenters. The van der Waals surface area contributed by atoms with Gasteiger partial charge in [-0.3, -0.25) is 0 Å². The molecule has 0 saturated heterocycles. The van der Waals surface area contributed by atoms with Crippen molar-refractivity contribution >= 4 is 11.0 Å². The van der Waals surface area contributed by atoms with Crippen LogP contribution in [0.15, 0.2) is 27.1 Å². The van der Waals surface area contributed by atoms with Crippen LogP contribution in [0.1, 0.15) is 17.2 Å². The van der Waals surface area contributed by atoms with E-state index in [9.17, 15) is 0 Å². The summed E-state index contributed by atoms with van der Waals surface area (Å²) >= 11 is 0. The standard InChI is InChI=1S/C13H13N3O2/c1-7-8(2)17-12-9(7)4-3-5-10(12)13-15-11(6-14)18-16-13/h3-5H,6,14H2,1-2H3. The molecule has 0 radical (unpaired) electrons. The van der Waals surface area contributed by atoms with Crippen molar-refractivity contribution in [2.24, 2.45) is 5.73 Å². The first kappa shape index (κ1) is 11.0. The maximum Gasteiger partial charge on any atom is 0.240 e. The zero-order chi connectivity index (χ0) is 12.7. The highest BCUT2D eigenvalue weighted by Crippen LogP contribution is 2.32. The van der Waals surface area contributed by atoms with E-state index >= 15 is 0 Å². The first-order chi connectivity index (χ1) is 8.70. The van der Waals surface area contributed by atoms with Gasteiger partial charge in [-0.15, -0.1) is 0 Å². The molecule has 92 valence electrons. The highest BCUT2D eigenvalue weighted by molar-refractivity contribution is 5.93. The van der Waals surface area contributed by atoms with E-state index in [1.54, 1.807) is 0 Å². The third-order valence-electron chi connectivity index (χ3n) is 3.09. The molecule has 2 aromatic heterocycles. The van der Waals surface area contributed by atoms with Crippen LogP contribution in [-0.2, 0) is 6.54 Å². The van der Waals surface area contributed by atoms with E-state index in [1.165, 1.54) is 0 Å². The Morgan fingerprint density at radius 3 is 2.83 bits per heavy atom. The van der Waals surface area contributed by atoms with E-state index in [0.29, 0.717) is 11.7 Å². The van der Waals surface area contributed by atoms with Gasteiger partial charge in [0.1, 0.15) is 11.3 Å². The average molecular weight is 243 g/mol. The molecular weight excluding hydrogens is 230 g/mol. The van der Waals surface area contributed by atoms with Gasteiger partial charge in [-0.2, -0.15) is 4.98 Å². The van der Waals surface area contributed by atoms with E-state index in [4.69, 9.17) is 14.7 Å². The Balaban J connectivity index is 2.25. The Bertz CT molecular complexity index is 712. The molecule has 0 unspecified atom stereocenters. The van der Waals surface area contributed by atoms with Gasteiger partial charge in [-0.25, -0.2) is 0 Å². The smallest absolute Gasteiger partial charge is 0.240 e. The second kappa shape index (κ2) is 3.96. The summed E-state index contributed by atoms with van der Waals surface area (Å²) in [5.41, 5.74) is 8.21. The lowest BCUT2D eigenvalue weighted by atomic mass is 10.1. The molecular formula is C13H13N3O2. The number of fused-ring (bicyclic) bond motifs is 1. The summed E-state index contributed by atoms with van der Waals surface area (Å²) in [6.45, 7) is 4.21. The van der Waals surface area contributed by atoms with Gasteiger partial charge in [0.05, 0.1) is 12.1 Å². The number of para-hydroxylation sites is 1. The molecule has 18 heavy (non-hydrogen) atoms. The summed E-state index contributed by atoms with van der Waals surface area (Å²) in [4.78, 5) is 4.23. The number of hydrogen-bond acceptors (Lipinski definition) is 5. The van der Waals surface area contributed by atoms with Crippen molar-refractivity contribution in [2.45, 2.75) is 20.4 Å². The molecule has 2 heterocycles. The van der Waals surface area contributed by atoms with Crippen LogP contribution in [0.3, 0.4) is 0 Å². The Kier molecular flexibility index (Phi) is 2.41. The number of rotatable bonds is 2. The van der Waals surface area contributed by atoms with Crippen molar-refractivity contribution in [3.05, 3.63) is 35.4 Å². The van der Waals surface area contributed by atoms with Gasteiger partial charge in [0.15, 0.2) is 0 Å². The van der Waals surface area contributed by atoms with E-state index in [1.807, 2.05) is 32.0 Å². The van der Waals surface area contributed by atoms with E-state index in [0.717, 1.165) is 27.9 Å². The number of aryl methyl sites for hydroxylation is 2. The summed E-state index contributed by atoms with van der Waals surface area (Å²) in [7, 11) is 0. The number of nitrogens with two attached hydrogens (primary N) is 1. The highest BCUT2D eigenvalue weighted by Gasteiger charge is 2.15. The fraction of sp³-hybridized carbons (Fsp3) is 0.231. The molecule has 0 bridgehead atoms. The lowest BCUT2D eigenvalue weighted by molar-refractivity contribution is 0.380. The van der Waals surface area contributed by atoms with Crippen molar-refractivity contribution < 1.29 is 8.94 Å². The zero-order valence-electron chi connectivity index (χ0n) is 10.2. The molecule has 0 aliphatic heterocycles. The van der Waals surface area contributed by atoms with Crippen molar-refractivity contribution in [3.8, 4) is 11.4 Å². The molecule has 0 aliphatic carbocycles. The first-order valence-electron chi connectivity index (χ1n) is 5.72. The van der Waals surface area contributed by atoms with Crippen LogP contribution >= 0.6 is 0 Å². The zero-order valence-corrected chi connectivity index (χ0v) is 10.2. The quantitative estimate of drug-likeness (QED) is 0.748. The summed E-state index contributed by atoms with van der Waals surface area (Å²) in [5, 5.41) is 4.99. The van der Waals surface area contributed by atoms with Gasteiger partial charge >= 0.3 is 0 Å². The third-order valence-corrected chi connectivity index (χ3v) is 3.09. The van der Waals surface area contributed by atoms with E-state index in [-0.39, 0.29) is 6.54 Å². The molecule has 0 spiro atoms. The second-order valence-electron chi connectivity index (χ2n) is 4.18. The monoisotopic (exact) mass is 243 g/mol. The van der Waals surface area contributed by atoms with Crippen LogP contribution < -0.4 is 5.73 Å². The summed E-state index contributed by atoms with van der Waals surface area (Å²) in [5.74, 6) is 1.83.